The molecule has 3 heterocycles. The largest absolute Gasteiger partial charge is 0.370 e. The highest BCUT2D eigenvalue weighted by molar-refractivity contribution is 5.92. The molecule has 1 unspecified atom stereocenters. The van der Waals surface area contributed by atoms with E-state index in [1.807, 2.05) is 17.1 Å². The minimum atomic E-state index is 0.0138. The van der Waals surface area contributed by atoms with E-state index in [2.05, 4.69) is 76.6 Å². The normalized spacial score (nSPS) is 16.4. The molecule has 5 rings (SSSR count). The van der Waals surface area contributed by atoms with Crippen molar-refractivity contribution in [1.82, 2.24) is 20.1 Å². The first-order valence-corrected chi connectivity index (χ1v) is 11.9. The van der Waals surface area contributed by atoms with Crippen LogP contribution in [0.1, 0.15) is 30.4 Å². The molecule has 0 spiro atoms. The predicted octanol–water partition coefficient (Wildman–Crippen LogP) is 4.62. The second kappa shape index (κ2) is 9.22. The van der Waals surface area contributed by atoms with E-state index in [0.29, 0.717) is 6.54 Å². The number of nitrogens with one attached hydrogen (secondary N) is 1. The molecule has 170 valence electrons. The zero-order chi connectivity index (χ0) is 22.8. The van der Waals surface area contributed by atoms with Crippen molar-refractivity contribution < 1.29 is 4.79 Å². The van der Waals surface area contributed by atoms with Crippen molar-refractivity contribution in [2.75, 3.05) is 24.5 Å². The Kier molecular flexibility index (Phi) is 5.99. The lowest BCUT2D eigenvalue weighted by Gasteiger charge is -2.34. The van der Waals surface area contributed by atoms with Gasteiger partial charge in [-0.2, -0.15) is 5.10 Å². The predicted molar refractivity (Wildman–Crippen MR) is 134 cm³/mol. The molecule has 4 aromatic rings. The highest BCUT2D eigenvalue weighted by Crippen LogP contribution is 2.30. The van der Waals surface area contributed by atoms with Crippen molar-refractivity contribution in [1.29, 1.82) is 0 Å². The lowest BCUT2D eigenvalue weighted by Crippen LogP contribution is -2.43. The number of hydrogen-bond donors (Lipinski definition) is 1. The molecule has 0 aliphatic carbocycles. The number of pyridine rings is 1. The van der Waals surface area contributed by atoms with Crippen molar-refractivity contribution >= 4 is 33.4 Å². The van der Waals surface area contributed by atoms with Gasteiger partial charge in [-0.1, -0.05) is 23.8 Å². The van der Waals surface area contributed by atoms with Crippen molar-refractivity contribution in [3.8, 4) is 0 Å². The van der Waals surface area contributed by atoms with Gasteiger partial charge in [0, 0.05) is 48.8 Å². The molecule has 1 aliphatic rings. The van der Waals surface area contributed by atoms with Gasteiger partial charge in [-0.25, -0.2) is 0 Å². The Labute approximate surface area is 194 Å². The number of benzene rings is 2. The van der Waals surface area contributed by atoms with Crippen LogP contribution in [0.15, 0.2) is 54.9 Å². The van der Waals surface area contributed by atoms with Crippen LogP contribution in [0.5, 0.6) is 0 Å². The summed E-state index contributed by atoms with van der Waals surface area (Å²) in [7, 11) is 0. The molecule has 1 aliphatic heterocycles. The van der Waals surface area contributed by atoms with Crippen LogP contribution in [0.2, 0.25) is 0 Å². The molecule has 1 amide bonds. The van der Waals surface area contributed by atoms with Gasteiger partial charge in [0.15, 0.2) is 0 Å². The van der Waals surface area contributed by atoms with Gasteiger partial charge >= 0.3 is 0 Å². The maximum Gasteiger partial charge on any atom is 0.224 e. The Morgan fingerprint density at radius 1 is 1.12 bits per heavy atom. The molecule has 2 aromatic heterocycles. The van der Waals surface area contributed by atoms with E-state index >= 15 is 0 Å². The summed E-state index contributed by atoms with van der Waals surface area (Å²) in [5.41, 5.74) is 5.80. The van der Waals surface area contributed by atoms with Crippen LogP contribution in [0.3, 0.4) is 0 Å². The van der Waals surface area contributed by atoms with Gasteiger partial charge in [-0.3, -0.25) is 14.5 Å². The smallest absolute Gasteiger partial charge is 0.224 e. The first kappa shape index (κ1) is 21.4. The second-order valence-electron chi connectivity index (χ2n) is 9.21. The van der Waals surface area contributed by atoms with E-state index < -0.39 is 0 Å². The molecule has 6 heteroatoms. The number of nitrogens with zero attached hydrogens (tertiary/aromatic N) is 4. The van der Waals surface area contributed by atoms with E-state index in [-0.39, 0.29) is 11.8 Å². The Hall–Kier alpha value is -3.41. The topological polar surface area (TPSA) is 63.1 Å². The minimum absolute atomic E-state index is 0.0138. The lowest BCUT2D eigenvalue weighted by molar-refractivity contribution is -0.125. The summed E-state index contributed by atoms with van der Waals surface area (Å²) in [5, 5.41) is 10.0. The van der Waals surface area contributed by atoms with Gasteiger partial charge < -0.3 is 10.2 Å². The first-order chi connectivity index (χ1) is 16.1. The van der Waals surface area contributed by atoms with E-state index in [9.17, 15) is 4.79 Å². The molecular formula is C27H31N5O. The SMILES string of the molecule is Cc1ccc2nccc(N3CCCC(C(=O)NCCCn4ncc5ccc(C)cc54)C3)c2c1. The van der Waals surface area contributed by atoms with Gasteiger partial charge in [0.1, 0.15) is 0 Å². The summed E-state index contributed by atoms with van der Waals surface area (Å²) in [6, 6.07) is 14.8. The third-order valence-corrected chi connectivity index (χ3v) is 6.65. The number of carbonyl (C=O) groups is 1. The third-order valence-electron chi connectivity index (χ3n) is 6.65. The summed E-state index contributed by atoms with van der Waals surface area (Å²) >= 11 is 0. The maximum absolute atomic E-state index is 12.9. The molecule has 1 saturated heterocycles. The van der Waals surface area contributed by atoms with Crippen molar-refractivity contribution in [3.63, 3.8) is 0 Å². The van der Waals surface area contributed by atoms with Crippen LogP contribution >= 0.6 is 0 Å². The number of rotatable bonds is 6. The molecule has 1 atom stereocenters. The molecular weight excluding hydrogens is 410 g/mol. The standard InChI is InChI=1S/C27H31N5O/c1-19-7-9-24-23(15-19)25(10-12-28-24)31-13-3-5-22(18-31)27(33)29-11-4-14-32-26-16-20(2)6-8-21(26)17-30-32/h6-10,12,15-17,22H,3-5,11,13-14,18H2,1-2H3,(H,29,33). The fraction of sp³-hybridized carbons (Fsp3) is 0.370. The monoisotopic (exact) mass is 441 g/mol. The fourth-order valence-electron chi connectivity index (χ4n) is 4.87. The van der Waals surface area contributed by atoms with Crippen LogP contribution in [-0.4, -0.2) is 40.3 Å². The zero-order valence-electron chi connectivity index (χ0n) is 19.4. The van der Waals surface area contributed by atoms with Gasteiger partial charge in [-0.05, 0) is 62.9 Å². The average molecular weight is 442 g/mol. The van der Waals surface area contributed by atoms with Gasteiger partial charge in [0.05, 0.1) is 23.1 Å². The number of fused-ring (bicyclic) bond motifs is 2. The van der Waals surface area contributed by atoms with Crippen molar-refractivity contribution in [3.05, 3.63) is 66.0 Å². The fourth-order valence-corrected chi connectivity index (χ4v) is 4.87. The van der Waals surface area contributed by atoms with Gasteiger partial charge in [-0.15, -0.1) is 0 Å². The molecule has 2 aromatic carbocycles. The number of aromatic nitrogens is 3. The average Bonchev–Trinajstić information content (AvgIpc) is 3.23. The van der Waals surface area contributed by atoms with Crippen LogP contribution < -0.4 is 10.2 Å². The second-order valence-corrected chi connectivity index (χ2v) is 9.21. The molecule has 1 N–H and O–H groups in total. The Balaban J connectivity index is 1.18. The van der Waals surface area contributed by atoms with Crippen LogP contribution in [0.4, 0.5) is 5.69 Å². The molecule has 0 saturated carbocycles. The first-order valence-electron chi connectivity index (χ1n) is 11.9. The quantitative estimate of drug-likeness (QED) is 0.443. The third kappa shape index (κ3) is 4.56. The van der Waals surface area contributed by atoms with Crippen LogP contribution in [-0.2, 0) is 11.3 Å². The number of carbonyl (C=O) groups excluding carboxylic acids is 1. The summed E-state index contributed by atoms with van der Waals surface area (Å²) in [4.78, 5) is 19.8. The lowest BCUT2D eigenvalue weighted by atomic mass is 9.96. The van der Waals surface area contributed by atoms with E-state index in [1.54, 1.807) is 0 Å². The van der Waals surface area contributed by atoms with E-state index in [4.69, 9.17) is 0 Å². The van der Waals surface area contributed by atoms with E-state index in [0.717, 1.165) is 55.3 Å². The Morgan fingerprint density at radius 3 is 2.88 bits per heavy atom. The number of amides is 1. The van der Waals surface area contributed by atoms with Crippen LogP contribution in [0, 0.1) is 19.8 Å². The molecule has 33 heavy (non-hydrogen) atoms. The zero-order valence-corrected chi connectivity index (χ0v) is 19.4. The Morgan fingerprint density at radius 2 is 1.97 bits per heavy atom. The van der Waals surface area contributed by atoms with E-state index in [1.165, 1.54) is 22.2 Å². The molecule has 6 nitrogen and oxygen atoms in total. The minimum Gasteiger partial charge on any atom is -0.370 e. The van der Waals surface area contributed by atoms with Gasteiger partial charge in [0.2, 0.25) is 5.91 Å². The number of hydrogen-bond acceptors (Lipinski definition) is 4. The van der Waals surface area contributed by atoms with Crippen LogP contribution in [0.25, 0.3) is 21.8 Å². The number of anilines is 1. The molecule has 0 radical (unpaired) electrons. The summed E-state index contributed by atoms with van der Waals surface area (Å²) in [5.74, 6) is 0.176. The Bertz CT molecular complexity index is 1290. The highest BCUT2D eigenvalue weighted by atomic mass is 16.1. The highest BCUT2D eigenvalue weighted by Gasteiger charge is 2.26. The van der Waals surface area contributed by atoms with Crippen molar-refractivity contribution in [2.45, 2.75) is 39.7 Å². The molecule has 1 fully saturated rings. The van der Waals surface area contributed by atoms with Gasteiger partial charge in [0.25, 0.3) is 0 Å². The summed E-state index contributed by atoms with van der Waals surface area (Å²) < 4.78 is 2.04. The van der Waals surface area contributed by atoms with Crippen molar-refractivity contribution in [2.24, 2.45) is 5.92 Å². The summed E-state index contributed by atoms with van der Waals surface area (Å²) in [6.45, 7) is 7.40. The number of piperidine rings is 1. The molecule has 0 bridgehead atoms. The number of aryl methyl sites for hydroxylation is 3. The maximum atomic E-state index is 12.9. The summed E-state index contributed by atoms with van der Waals surface area (Å²) in [6.07, 6.45) is 6.60.